The molecule has 0 unspecified atom stereocenters. The highest BCUT2D eigenvalue weighted by Gasteiger charge is 2.17. The first-order valence-electron chi connectivity index (χ1n) is 11.5. The zero-order chi connectivity index (χ0) is 26.2. The Kier molecular flexibility index (Phi) is 8.60. The van der Waals surface area contributed by atoms with E-state index < -0.39 is 23.3 Å². The molecule has 4 N–H and O–H groups in total. The number of hydrogen-bond acceptors (Lipinski definition) is 7. The molecule has 3 rings (SSSR count). The van der Waals surface area contributed by atoms with Crippen LogP contribution in [0.5, 0.6) is 5.75 Å². The third-order valence-electron chi connectivity index (χ3n) is 5.16. The minimum Gasteiger partial charge on any atom is -0.484 e. The number of carboxylic acids is 1. The molecular weight excluding hydrogens is 472 g/mol. The number of hydrazine groups is 1. The van der Waals surface area contributed by atoms with Gasteiger partial charge in [0, 0.05) is 25.1 Å². The molecule has 0 aliphatic carbocycles. The number of nitrogens with one attached hydrogen (secondary N) is 3. The summed E-state index contributed by atoms with van der Waals surface area (Å²) in [6, 6.07) is 6.59. The number of carbonyl (C=O) groups excluding carboxylic acids is 2. The Morgan fingerprint density at radius 3 is 2.25 bits per heavy atom. The van der Waals surface area contributed by atoms with Gasteiger partial charge in [-0.1, -0.05) is 13.8 Å². The van der Waals surface area contributed by atoms with Crippen LogP contribution in [0.1, 0.15) is 39.5 Å². The van der Waals surface area contributed by atoms with Crippen LogP contribution in [0.4, 0.5) is 0 Å². The number of benzene rings is 1. The van der Waals surface area contributed by atoms with Crippen molar-refractivity contribution in [1.82, 2.24) is 30.0 Å². The number of hydrogen-bond donors (Lipinski definition) is 4. The lowest BCUT2D eigenvalue weighted by Gasteiger charge is -2.09. The topological polar surface area (TPSA) is 177 Å². The molecule has 0 saturated carbocycles. The van der Waals surface area contributed by atoms with Crippen molar-refractivity contribution in [3.63, 3.8) is 0 Å². The van der Waals surface area contributed by atoms with Crippen LogP contribution < -0.4 is 26.8 Å². The average molecular weight is 501 g/mol. The van der Waals surface area contributed by atoms with Gasteiger partial charge in [0.25, 0.3) is 11.5 Å². The maximum Gasteiger partial charge on any atom is 0.332 e. The van der Waals surface area contributed by atoms with Crippen LogP contribution in [-0.2, 0) is 27.5 Å². The normalized spacial score (nSPS) is 10.8. The lowest BCUT2D eigenvalue weighted by molar-refractivity contribution is -0.139. The number of ether oxygens (including phenoxy) is 1. The fourth-order valence-corrected chi connectivity index (χ4v) is 3.47. The molecule has 36 heavy (non-hydrogen) atoms. The van der Waals surface area contributed by atoms with Crippen LogP contribution in [0.3, 0.4) is 0 Å². The number of aromatic amines is 1. The van der Waals surface area contributed by atoms with E-state index in [0.29, 0.717) is 48.7 Å². The van der Waals surface area contributed by atoms with Crippen molar-refractivity contribution in [2.45, 2.75) is 52.6 Å². The number of carboxylic acid groups (broad SMARTS) is 1. The molecule has 2 amide bonds. The summed E-state index contributed by atoms with van der Waals surface area (Å²) < 4.78 is 8.11. The van der Waals surface area contributed by atoms with Crippen molar-refractivity contribution in [1.29, 1.82) is 0 Å². The quantitative estimate of drug-likeness (QED) is 0.279. The second-order valence-electron chi connectivity index (χ2n) is 7.98. The minimum atomic E-state index is -1.12. The Balaban J connectivity index is 1.70. The first-order valence-corrected chi connectivity index (χ1v) is 11.5. The van der Waals surface area contributed by atoms with Crippen LogP contribution in [0, 0.1) is 0 Å². The summed E-state index contributed by atoms with van der Waals surface area (Å²) in [7, 11) is 0. The van der Waals surface area contributed by atoms with Crippen LogP contribution in [-0.4, -0.2) is 48.6 Å². The molecule has 0 bridgehead atoms. The molecule has 13 heteroatoms. The first kappa shape index (κ1) is 26.2. The van der Waals surface area contributed by atoms with E-state index in [4.69, 9.17) is 9.84 Å². The fraction of sp³-hybridized carbons (Fsp3) is 0.391. The highest BCUT2D eigenvalue weighted by Crippen LogP contribution is 2.21. The lowest BCUT2D eigenvalue weighted by Crippen LogP contribution is -2.43. The molecule has 0 radical (unpaired) electrons. The summed E-state index contributed by atoms with van der Waals surface area (Å²) in [6.07, 6.45) is 0.736. The number of aliphatic carboxylic acids is 1. The fourth-order valence-electron chi connectivity index (χ4n) is 3.47. The monoisotopic (exact) mass is 500 g/mol. The minimum absolute atomic E-state index is 0.258. The van der Waals surface area contributed by atoms with E-state index in [-0.39, 0.29) is 30.7 Å². The number of rotatable bonds is 11. The molecule has 0 aliphatic rings. The maximum atomic E-state index is 12.9. The number of nitrogens with zero attached hydrogens (tertiary/aromatic N) is 3. The number of aryl methyl sites for hydroxylation is 1. The number of imidazole rings is 1. The molecule has 2 aromatic heterocycles. The second-order valence-corrected chi connectivity index (χ2v) is 7.98. The summed E-state index contributed by atoms with van der Waals surface area (Å²) in [5.74, 6) is -1.59. The largest absolute Gasteiger partial charge is 0.484 e. The van der Waals surface area contributed by atoms with E-state index >= 15 is 0 Å². The van der Waals surface area contributed by atoms with Gasteiger partial charge in [-0.2, -0.15) is 0 Å². The van der Waals surface area contributed by atoms with Crippen molar-refractivity contribution < 1.29 is 24.2 Å². The Labute approximate surface area is 205 Å². The Morgan fingerprint density at radius 1 is 0.972 bits per heavy atom. The molecule has 0 spiro atoms. The molecular formula is C23H28N6O7. The van der Waals surface area contributed by atoms with Gasteiger partial charge >= 0.3 is 11.7 Å². The third kappa shape index (κ3) is 6.17. The number of fused-ring (bicyclic) bond motifs is 1. The first-order chi connectivity index (χ1) is 17.2. The summed E-state index contributed by atoms with van der Waals surface area (Å²) in [6.45, 7) is 4.19. The molecule has 1 aromatic carbocycles. The molecule has 13 nitrogen and oxygen atoms in total. The third-order valence-corrected chi connectivity index (χ3v) is 5.16. The SMILES string of the molecule is CCCn1c(=O)c2[nH]c(-c3ccc(OCC(=O)NNC(=O)CCC(=O)O)cc3)nc2n(CCC)c1=O. The predicted molar refractivity (Wildman–Crippen MR) is 129 cm³/mol. The molecule has 3 aromatic rings. The zero-order valence-electron chi connectivity index (χ0n) is 20.0. The Hall–Kier alpha value is -4.42. The van der Waals surface area contributed by atoms with Gasteiger partial charge in [0.1, 0.15) is 17.1 Å². The maximum absolute atomic E-state index is 12.9. The average Bonchev–Trinajstić information content (AvgIpc) is 3.31. The van der Waals surface area contributed by atoms with Crippen LogP contribution in [0.15, 0.2) is 33.9 Å². The van der Waals surface area contributed by atoms with Gasteiger partial charge in [-0.25, -0.2) is 9.78 Å². The van der Waals surface area contributed by atoms with Gasteiger partial charge in [0.2, 0.25) is 5.91 Å². The van der Waals surface area contributed by atoms with E-state index in [1.165, 1.54) is 9.13 Å². The second kappa shape index (κ2) is 11.8. The highest BCUT2D eigenvalue weighted by molar-refractivity contribution is 5.84. The summed E-state index contributed by atoms with van der Waals surface area (Å²) in [5, 5.41) is 8.55. The van der Waals surface area contributed by atoms with E-state index in [2.05, 4.69) is 20.8 Å². The lowest BCUT2D eigenvalue weighted by atomic mass is 10.2. The predicted octanol–water partition coefficient (Wildman–Crippen LogP) is 0.764. The summed E-state index contributed by atoms with van der Waals surface area (Å²) in [5.41, 5.74) is 4.65. The molecule has 192 valence electrons. The molecule has 2 heterocycles. The van der Waals surface area contributed by atoms with Crippen molar-refractivity contribution in [2.24, 2.45) is 0 Å². The van der Waals surface area contributed by atoms with Crippen molar-refractivity contribution in [3.05, 3.63) is 45.1 Å². The van der Waals surface area contributed by atoms with Crippen LogP contribution in [0.25, 0.3) is 22.6 Å². The molecule has 0 saturated heterocycles. The smallest absolute Gasteiger partial charge is 0.332 e. The van der Waals surface area contributed by atoms with Crippen molar-refractivity contribution in [3.8, 4) is 17.1 Å². The standard InChI is InChI=1S/C23H28N6O7/c1-3-11-28-21-19(22(34)29(12-4-2)23(28)35)24-20(25-21)14-5-7-15(8-6-14)36-13-17(31)27-26-16(30)9-10-18(32)33/h5-8H,3-4,9-13H2,1-2H3,(H,24,25)(H,26,30)(H,27,31)(H,32,33). The number of H-pyrrole nitrogens is 1. The van der Waals surface area contributed by atoms with Gasteiger partial charge in [0.15, 0.2) is 12.3 Å². The van der Waals surface area contributed by atoms with Gasteiger partial charge in [0.05, 0.1) is 6.42 Å². The van der Waals surface area contributed by atoms with Crippen LogP contribution >= 0.6 is 0 Å². The van der Waals surface area contributed by atoms with E-state index in [1.54, 1.807) is 24.3 Å². The zero-order valence-corrected chi connectivity index (χ0v) is 20.0. The van der Waals surface area contributed by atoms with Gasteiger partial charge in [-0.05, 0) is 37.1 Å². The Morgan fingerprint density at radius 2 is 1.61 bits per heavy atom. The van der Waals surface area contributed by atoms with Gasteiger partial charge < -0.3 is 14.8 Å². The number of carbonyl (C=O) groups is 3. The van der Waals surface area contributed by atoms with Gasteiger partial charge in [-0.3, -0.25) is 39.2 Å². The summed E-state index contributed by atoms with van der Waals surface area (Å²) >= 11 is 0. The van der Waals surface area contributed by atoms with E-state index in [0.717, 1.165) is 0 Å². The Bertz CT molecular complexity index is 1370. The number of aromatic nitrogens is 4. The molecule has 0 atom stereocenters. The van der Waals surface area contributed by atoms with Crippen molar-refractivity contribution >= 4 is 28.9 Å². The van der Waals surface area contributed by atoms with Gasteiger partial charge in [-0.15, -0.1) is 0 Å². The van der Waals surface area contributed by atoms with E-state index in [1.807, 2.05) is 13.8 Å². The highest BCUT2D eigenvalue weighted by atomic mass is 16.5. The van der Waals surface area contributed by atoms with E-state index in [9.17, 15) is 24.0 Å². The molecule has 0 aliphatic heterocycles. The van der Waals surface area contributed by atoms with Crippen LogP contribution in [0.2, 0.25) is 0 Å². The molecule has 0 fully saturated rings. The summed E-state index contributed by atoms with van der Waals surface area (Å²) in [4.78, 5) is 66.9. The van der Waals surface area contributed by atoms with Crippen molar-refractivity contribution in [2.75, 3.05) is 6.61 Å². The number of amides is 2.